The number of hydrogen-bond donors (Lipinski definition) is 1. The van der Waals surface area contributed by atoms with Crippen LogP contribution in [0, 0.1) is 22.2 Å². The normalized spacial score (nSPS) is 24.4. The summed E-state index contributed by atoms with van der Waals surface area (Å²) in [5.74, 6) is -0.988. The molecule has 1 aromatic rings. The highest BCUT2D eigenvalue weighted by molar-refractivity contribution is 6.09. The molecular weight excluding hydrogens is 390 g/mol. The number of likely N-dealkylation sites (tertiary alicyclic amines) is 1. The Morgan fingerprint density at radius 1 is 1.29 bits per heavy atom. The number of ether oxygens (including phenoxy) is 1. The average Bonchev–Trinajstić information content (AvgIpc) is 2.94. The third kappa shape index (κ3) is 5.46. The highest BCUT2D eigenvalue weighted by Gasteiger charge is 2.48. The largest absolute Gasteiger partial charge is 0.462 e. The monoisotopic (exact) mass is 423 g/mol. The van der Waals surface area contributed by atoms with Crippen LogP contribution in [0.3, 0.4) is 0 Å². The zero-order valence-electron chi connectivity index (χ0n) is 19.0. The molecule has 166 valence electrons. The Hall–Kier alpha value is -2.81. The zero-order chi connectivity index (χ0) is 22.6. The second-order valence-corrected chi connectivity index (χ2v) is 10.0. The molecule has 2 fully saturated rings. The summed E-state index contributed by atoms with van der Waals surface area (Å²) in [6.07, 6.45) is 6.69. The minimum atomic E-state index is -0.512. The lowest BCUT2D eigenvalue weighted by molar-refractivity contribution is -0.112. The summed E-state index contributed by atoms with van der Waals surface area (Å²) in [6, 6.07) is 9.11. The van der Waals surface area contributed by atoms with Crippen molar-refractivity contribution < 1.29 is 14.3 Å². The molecule has 2 bridgehead atoms. The Morgan fingerprint density at radius 3 is 2.74 bits per heavy atom. The molecule has 1 aromatic carbocycles. The quantitative estimate of drug-likeness (QED) is 0.292. The van der Waals surface area contributed by atoms with Gasteiger partial charge in [0.2, 0.25) is 0 Å². The predicted molar refractivity (Wildman–Crippen MR) is 120 cm³/mol. The van der Waals surface area contributed by atoms with Crippen LogP contribution in [0.15, 0.2) is 36.0 Å². The fourth-order valence-corrected chi connectivity index (χ4v) is 5.31. The maximum Gasteiger partial charge on any atom is 0.340 e. The maximum atomic E-state index is 12.9. The van der Waals surface area contributed by atoms with E-state index in [1.165, 1.54) is 0 Å². The smallest absolute Gasteiger partial charge is 0.340 e. The number of esters is 1. The SMILES string of the molecule is CCCCOC(=O)c1ccccc1NC(=O)/C(C#N)=C\N1CC2(C)CC1CC(C)(C)C2. The van der Waals surface area contributed by atoms with Crippen LogP contribution >= 0.6 is 0 Å². The molecule has 1 aliphatic heterocycles. The molecule has 1 heterocycles. The molecule has 1 saturated heterocycles. The van der Waals surface area contributed by atoms with Crippen molar-refractivity contribution in [2.24, 2.45) is 10.8 Å². The van der Waals surface area contributed by atoms with Gasteiger partial charge >= 0.3 is 5.97 Å². The third-order valence-electron chi connectivity index (χ3n) is 6.24. The van der Waals surface area contributed by atoms with Crippen LogP contribution in [-0.4, -0.2) is 36.0 Å². The molecular formula is C25H33N3O3. The van der Waals surface area contributed by atoms with Crippen LogP contribution in [-0.2, 0) is 9.53 Å². The Bertz CT molecular complexity index is 915. The average molecular weight is 424 g/mol. The molecule has 1 N–H and O–H groups in total. The van der Waals surface area contributed by atoms with Crippen molar-refractivity contribution in [1.82, 2.24) is 4.90 Å². The number of carbonyl (C=O) groups is 2. The standard InChI is InChI=1S/C25H33N3O3/c1-5-6-11-31-23(30)20-9-7-8-10-21(20)27-22(29)18(14-26)15-28-17-25(4)13-19(28)12-24(2,3)16-25/h7-10,15,19H,5-6,11-13,16-17H2,1-4H3,(H,27,29)/b18-15-. The van der Waals surface area contributed by atoms with E-state index < -0.39 is 11.9 Å². The first-order valence-electron chi connectivity index (χ1n) is 11.1. The predicted octanol–water partition coefficient (Wildman–Crippen LogP) is 4.89. The zero-order valence-corrected chi connectivity index (χ0v) is 19.0. The molecule has 0 spiro atoms. The minimum Gasteiger partial charge on any atom is -0.462 e. The maximum absolute atomic E-state index is 12.9. The fourth-order valence-electron chi connectivity index (χ4n) is 5.31. The lowest BCUT2D eigenvalue weighted by Gasteiger charge is -2.39. The lowest BCUT2D eigenvalue weighted by atomic mass is 9.65. The first-order valence-corrected chi connectivity index (χ1v) is 11.1. The van der Waals surface area contributed by atoms with Gasteiger partial charge in [0.15, 0.2) is 0 Å². The van der Waals surface area contributed by atoms with Crippen molar-refractivity contribution in [2.45, 2.75) is 65.8 Å². The van der Waals surface area contributed by atoms with Crippen LogP contribution in [0.2, 0.25) is 0 Å². The van der Waals surface area contributed by atoms with Gasteiger partial charge in [-0.15, -0.1) is 0 Å². The molecule has 1 aliphatic carbocycles. The van der Waals surface area contributed by atoms with Crippen LogP contribution in [0.4, 0.5) is 5.69 Å². The van der Waals surface area contributed by atoms with Gasteiger partial charge in [-0.2, -0.15) is 5.26 Å². The number of para-hydroxylation sites is 1. The van der Waals surface area contributed by atoms with E-state index in [9.17, 15) is 14.9 Å². The van der Waals surface area contributed by atoms with Crippen molar-refractivity contribution in [3.05, 3.63) is 41.6 Å². The van der Waals surface area contributed by atoms with E-state index in [2.05, 4.69) is 31.0 Å². The topological polar surface area (TPSA) is 82.4 Å². The van der Waals surface area contributed by atoms with E-state index in [0.29, 0.717) is 18.3 Å². The van der Waals surface area contributed by atoms with Gasteiger partial charge in [0.25, 0.3) is 5.91 Å². The number of nitriles is 1. The highest BCUT2D eigenvalue weighted by Crippen LogP contribution is 2.52. The molecule has 0 aromatic heterocycles. The summed E-state index contributed by atoms with van der Waals surface area (Å²) in [5, 5.41) is 12.4. The number of fused-ring (bicyclic) bond motifs is 2. The summed E-state index contributed by atoms with van der Waals surface area (Å²) in [4.78, 5) is 27.4. The Balaban J connectivity index is 1.74. The van der Waals surface area contributed by atoms with Crippen molar-refractivity contribution in [3.8, 4) is 6.07 Å². The molecule has 2 unspecified atom stereocenters. The molecule has 6 heteroatoms. The number of nitrogens with zero attached hydrogens (tertiary/aromatic N) is 2. The first-order chi connectivity index (χ1) is 14.7. The van der Waals surface area contributed by atoms with Gasteiger partial charge < -0.3 is 15.0 Å². The molecule has 0 radical (unpaired) electrons. The van der Waals surface area contributed by atoms with Crippen molar-refractivity contribution >= 4 is 17.6 Å². The van der Waals surface area contributed by atoms with Gasteiger partial charge in [0, 0.05) is 18.8 Å². The number of nitrogens with one attached hydrogen (secondary N) is 1. The lowest BCUT2D eigenvalue weighted by Crippen LogP contribution is -2.33. The molecule has 1 saturated carbocycles. The van der Waals surface area contributed by atoms with E-state index in [0.717, 1.165) is 38.6 Å². The Morgan fingerprint density at radius 2 is 2.03 bits per heavy atom. The van der Waals surface area contributed by atoms with Crippen LogP contribution in [0.1, 0.15) is 70.2 Å². The van der Waals surface area contributed by atoms with Gasteiger partial charge in [0.05, 0.1) is 17.9 Å². The fraction of sp³-hybridized carbons (Fsp3) is 0.560. The van der Waals surface area contributed by atoms with Crippen LogP contribution in [0.25, 0.3) is 0 Å². The second-order valence-electron chi connectivity index (χ2n) is 10.0. The number of unbranched alkanes of at least 4 members (excludes halogenated alkanes) is 1. The van der Waals surface area contributed by atoms with E-state index in [1.807, 2.05) is 13.0 Å². The summed E-state index contributed by atoms with van der Waals surface area (Å²) in [7, 11) is 0. The van der Waals surface area contributed by atoms with E-state index in [-0.39, 0.29) is 22.0 Å². The van der Waals surface area contributed by atoms with Crippen LogP contribution in [0.5, 0.6) is 0 Å². The molecule has 3 rings (SSSR count). The summed E-state index contributed by atoms with van der Waals surface area (Å²) in [5.41, 5.74) is 1.14. The molecule has 6 nitrogen and oxygen atoms in total. The Labute approximate surface area is 185 Å². The molecule has 2 atom stereocenters. The molecule has 1 amide bonds. The van der Waals surface area contributed by atoms with Gasteiger partial charge in [-0.05, 0) is 48.6 Å². The number of carbonyl (C=O) groups excluding carboxylic acids is 2. The number of rotatable bonds is 7. The van der Waals surface area contributed by atoms with Crippen LogP contribution < -0.4 is 5.32 Å². The summed E-state index contributed by atoms with van der Waals surface area (Å²) < 4.78 is 5.29. The summed E-state index contributed by atoms with van der Waals surface area (Å²) in [6.45, 7) is 10.1. The van der Waals surface area contributed by atoms with E-state index in [4.69, 9.17) is 4.74 Å². The van der Waals surface area contributed by atoms with Crippen molar-refractivity contribution in [1.29, 1.82) is 5.26 Å². The van der Waals surface area contributed by atoms with E-state index in [1.54, 1.807) is 30.5 Å². The summed E-state index contributed by atoms with van der Waals surface area (Å²) >= 11 is 0. The number of benzene rings is 1. The van der Waals surface area contributed by atoms with Gasteiger partial charge in [-0.25, -0.2) is 4.79 Å². The Kier molecular flexibility index (Phi) is 6.74. The molecule has 2 aliphatic rings. The first kappa shape index (κ1) is 22.9. The van der Waals surface area contributed by atoms with Gasteiger partial charge in [-0.3, -0.25) is 4.79 Å². The van der Waals surface area contributed by atoms with Crippen molar-refractivity contribution in [3.63, 3.8) is 0 Å². The minimum absolute atomic E-state index is 0.0445. The van der Waals surface area contributed by atoms with Crippen molar-refractivity contribution in [2.75, 3.05) is 18.5 Å². The highest BCUT2D eigenvalue weighted by atomic mass is 16.5. The number of hydrogen-bond acceptors (Lipinski definition) is 5. The molecule has 31 heavy (non-hydrogen) atoms. The number of anilines is 1. The third-order valence-corrected chi connectivity index (χ3v) is 6.24. The van der Waals surface area contributed by atoms with E-state index >= 15 is 0 Å². The second kappa shape index (κ2) is 9.13. The van der Waals surface area contributed by atoms with Gasteiger partial charge in [0.1, 0.15) is 11.6 Å². The number of amides is 1. The van der Waals surface area contributed by atoms with Gasteiger partial charge in [-0.1, -0.05) is 46.2 Å².